The first kappa shape index (κ1) is 11.5. The van der Waals surface area contributed by atoms with Crippen LogP contribution in [0.4, 0.5) is 11.4 Å². The van der Waals surface area contributed by atoms with Crippen LogP contribution in [0, 0.1) is 0 Å². The lowest BCUT2D eigenvalue weighted by Crippen LogP contribution is -2.28. The third kappa shape index (κ3) is 1.77. The number of nitrogens with zero attached hydrogens (tertiary/aromatic N) is 2. The molecule has 1 aliphatic rings. The Morgan fingerprint density at radius 3 is 2.72 bits per heavy atom. The van der Waals surface area contributed by atoms with Crippen LogP contribution in [0.25, 0.3) is 0 Å². The normalized spacial score (nSPS) is 13.0. The second-order valence-corrected chi connectivity index (χ2v) is 5.32. The average Bonchev–Trinajstić information content (AvgIpc) is 2.35. The standard InChI is InChI=1S/C14H13BrN2O/c1-9(2)17-10-5-3-4-6-12(10)18-13-7-14(15)16-8-11(13)17/h3-9H,1-2H3. The van der Waals surface area contributed by atoms with Crippen molar-refractivity contribution in [2.24, 2.45) is 0 Å². The van der Waals surface area contributed by atoms with E-state index >= 15 is 0 Å². The molecule has 1 aliphatic heterocycles. The van der Waals surface area contributed by atoms with Gasteiger partial charge < -0.3 is 9.64 Å². The van der Waals surface area contributed by atoms with Gasteiger partial charge in [-0.15, -0.1) is 0 Å². The monoisotopic (exact) mass is 304 g/mol. The number of hydrogen-bond donors (Lipinski definition) is 0. The summed E-state index contributed by atoms with van der Waals surface area (Å²) < 4.78 is 6.71. The molecule has 4 heteroatoms. The van der Waals surface area contributed by atoms with Crippen LogP contribution in [0.1, 0.15) is 13.8 Å². The van der Waals surface area contributed by atoms with E-state index in [4.69, 9.17) is 4.74 Å². The number of aromatic nitrogens is 1. The molecular formula is C14H13BrN2O. The van der Waals surface area contributed by atoms with Crippen LogP contribution in [0.5, 0.6) is 11.5 Å². The number of hydrogen-bond acceptors (Lipinski definition) is 3. The molecule has 0 spiro atoms. The molecule has 0 unspecified atom stereocenters. The molecule has 92 valence electrons. The minimum atomic E-state index is 0.344. The van der Waals surface area contributed by atoms with Gasteiger partial charge >= 0.3 is 0 Å². The largest absolute Gasteiger partial charge is 0.453 e. The van der Waals surface area contributed by atoms with Gasteiger partial charge in [0.25, 0.3) is 0 Å². The molecule has 0 atom stereocenters. The van der Waals surface area contributed by atoms with Crippen molar-refractivity contribution in [2.45, 2.75) is 19.9 Å². The lowest BCUT2D eigenvalue weighted by Gasteiger charge is -2.35. The highest BCUT2D eigenvalue weighted by atomic mass is 79.9. The fourth-order valence-electron chi connectivity index (χ4n) is 2.22. The predicted molar refractivity (Wildman–Crippen MR) is 75.7 cm³/mol. The SMILES string of the molecule is CC(C)N1c2ccccc2Oc2cc(Br)ncc21. The van der Waals surface area contributed by atoms with Gasteiger partial charge in [0.05, 0.1) is 11.9 Å². The maximum atomic E-state index is 5.93. The molecule has 0 amide bonds. The van der Waals surface area contributed by atoms with Crippen molar-refractivity contribution >= 4 is 27.3 Å². The van der Waals surface area contributed by atoms with Crippen LogP contribution in [0.15, 0.2) is 41.1 Å². The number of halogens is 1. The van der Waals surface area contributed by atoms with Crippen molar-refractivity contribution in [3.8, 4) is 11.5 Å². The second kappa shape index (κ2) is 4.28. The van der Waals surface area contributed by atoms with Gasteiger partial charge in [0.15, 0.2) is 11.5 Å². The van der Waals surface area contributed by atoms with Crippen LogP contribution >= 0.6 is 15.9 Å². The Hall–Kier alpha value is -1.55. The highest BCUT2D eigenvalue weighted by Gasteiger charge is 2.26. The quantitative estimate of drug-likeness (QED) is 0.726. The molecule has 0 saturated carbocycles. The Morgan fingerprint density at radius 2 is 1.94 bits per heavy atom. The first-order valence-corrected chi connectivity index (χ1v) is 6.68. The van der Waals surface area contributed by atoms with E-state index in [1.807, 2.05) is 30.5 Å². The summed E-state index contributed by atoms with van der Waals surface area (Å²) in [6.07, 6.45) is 1.84. The summed E-state index contributed by atoms with van der Waals surface area (Å²) in [6, 6.07) is 10.3. The van der Waals surface area contributed by atoms with Crippen LogP contribution in [0.3, 0.4) is 0 Å². The number of para-hydroxylation sites is 2. The number of fused-ring (bicyclic) bond motifs is 2. The number of pyridine rings is 1. The Morgan fingerprint density at radius 1 is 1.17 bits per heavy atom. The Bertz CT molecular complexity index is 598. The van der Waals surface area contributed by atoms with Crippen molar-refractivity contribution in [1.29, 1.82) is 0 Å². The maximum Gasteiger partial charge on any atom is 0.155 e. The Labute approximate surface area is 115 Å². The summed E-state index contributed by atoms with van der Waals surface area (Å²) in [5.74, 6) is 1.72. The Kier molecular flexibility index (Phi) is 2.74. The topological polar surface area (TPSA) is 25.4 Å². The first-order valence-electron chi connectivity index (χ1n) is 5.88. The molecular weight excluding hydrogens is 292 g/mol. The highest BCUT2D eigenvalue weighted by molar-refractivity contribution is 9.10. The van der Waals surface area contributed by atoms with Gasteiger partial charge in [-0.1, -0.05) is 12.1 Å². The maximum absolute atomic E-state index is 5.93. The van der Waals surface area contributed by atoms with Gasteiger partial charge in [-0.3, -0.25) is 0 Å². The average molecular weight is 305 g/mol. The zero-order valence-electron chi connectivity index (χ0n) is 10.2. The first-order chi connectivity index (χ1) is 8.66. The van der Waals surface area contributed by atoms with E-state index < -0.39 is 0 Å². The van der Waals surface area contributed by atoms with E-state index in [1.54, 1.807) is 0 Å². The van der Waals surface area contributed by atoms with Crippen LogP contribution in [0.2, 0.25) is 0 Å². The molecule has 0 bridgehead atoms. The molecule has 3 nitrogen and oxygen atoms in total. The molecule has 18 heavy (non-hydrogen) atoms. The van der Waals surface area contributed by atoms with Crippen molar-refractivity contribution in [3.05, 3.63) is 41.1 Å². The molecule has 0 N–H and O–H groups in total. The van der Waals surface area contributed by atoms with E-state index in [0.29, 0.717) is 6.04 Å². The summed E-state index contributed by atoms with van der Waals surface area (Å²) >= 11 is 3.38. The minimum absolute atomic E-state index is 0.344. The van der Waals surface area contributed by atoms with Gasteiger partial charge in [0, 0.05) is 12.1 Å². The van der Waals surface area contributed by atoms with E-state index in [1.165, 1.54) is 0 Å². The van der Waals surface area contributed by atoms with Crippen LogP contribution < -0.4 is 9.64 Å². The zero-order valence-corrected chi connectivity index (χ0v) is 11.8. The van der Waals surface area contributed by atoms with E-state index in [2.05, 4.69) is 45.7 Å². The minimum Gasteiger partial charge on any atom is -0.453 e. The van der Waals surface area contributed by atoms with E-state index in [9.17, 15) is 0 Å². The predicted octanol–water partition coefficient (Wildman–Crippen LogP) is 4.50. The smallest absolute Gasteiger partial charge is 0.155 e. The van der Waals surface area contributed by atoms with Crippen molar-refractivity contribution in [1.82, 2.24) is 4.98 Å². The second-order valence-electron chi connectivity index (χ2n) is 4.51. The third-order valence-corrected chi connectivity index (χ3v) is 3.37. The number of ether oxygens (including phenoxy) is 1. The molecule has 1 aromatic heterocycles. The molecule has 2 heterocycles. The molecule has 1 aromatic carbocycles. The fourth-order valence-corrected chi connectivity index (χ4v) is 2.53. The van der Waals surface area contributed by atoms with Gasteiger partial charge in [-0.05, 0) is 41.9 Å². The molecule has 0 saturated heterocycles. The van der Waals surface area contributed by atoms with E-state index in [-0.39, 0.29) is 0 Å². The summed E-state index contributed by atoms with van der Waals surface area (Å²) in [4.78, 5) is 6.54. The van der Waals surface area contributed by atoms with Gasteiger partial charge in [-0.2, -0.15) is 0 Å². The van der Waals surface area contributed by atoms with Crippen molar-refractivity contribution in [3.63, 3.8) is 0 Å². The molecule has 2 aromatic rings. The lowest BCUT2D eigenvalue weighted by molar-refractivity contribution is 0.468. The Balaban J connectivity index is 2.20. The van der Waals surface area contributed by atoms with Crippen molar-refractivity contribution in [2.75, 3.05) is 4.90 Å². The van der Waals surface area contributed by atoms with Crippen LogP contribution in [-0.4, -0.2) is 11.0 Å². The van der Waals surface area contributed by atoms with Gasteiger partial charge in [0.2, 0.25) is 0 Å². The summed E-state index contributed by atoms with van der Waals surface area (Å²) in [5.41, 5.74) is 2.09. The number of rotatable bonds is 1. The van der Waals surface area contributed by atoms with Crippen LogP contribution in [-0.2, 0) is 0 Å². The molecule has 0 aliphatic carbocycles. The fraction of sp³-hybridized carbons (Fsp3) is 0.214. The molecule has 0 fully saturated rings. The zero-order chi connectivity index (χ0) is 12.7. The summed E-state index contributed by atoms with van der Waals surface area (Å²) in [6.45, 7) is 4.32. The molecule has 3 rings (SSSR count). The summed E-state index contributed by atoms with van der Waals surface area (Å²) in [5, 5.41) is 0. The molecule has 0 radical (unpaired) electrons. The highest BCUT2D eigenvalue weighted by Crippen LogP contribution is 2.47. The van der Waals surface area contributed by atoms with Gasteiger partial charge in [0.1, 0.15) is 10.3 Å². The number of anilines is 2. The van der Waals surface area contributed by atoms with Crippen molar-refractivity contribution < 1.29 is 4.74 Å². The third-order valence-electron chi connectivity index (χ3n) is 2.93. The van der Waals surface area contributed by atoms with E-state index in [0.717, 1.165) is 27.5 Å². The summed E-state index contributed by atoms with van der Waals surface area (Å²) in [7, 11) is 0. The van der Waals surface area contributed by atoms with Gasteiger partial charge in [-0.25, -0.2) is 4.98 Å². The number of benzene rings is 1. The lowest BCUT2D eigenvalue weighted by atomic mass is 10.1.